The monoisotopic (exact) mass is 748 g/mol. The summed E-state index contributed by atoms with van der Waals surface area (Å²) in [4.78, 5) is 57.2. The normalized spacial score (nSPS) is 16.2. The number of Topliss-reactive ketones (excluding diaryl/α,β-unsaturated/α-hetero) is 1. The molecule has 1 atom stereocenters. The molecule has 0 radical (unpaired) electrons. The first-order valence-corrected chi connectivity index (χ1v) is 18.6. The molecule has 0 bridgehead atoms. The Kier molecular flexibility index (Phi) is 14.1. The zero-order valence-electron chi connectivity index (χ0n) is 30.5. The van der Waals surface area contributed by atoms with Crippen molar-refractivity contribution in [1.82, 2.24) is 30.6 Å². The minimum Gasteiger partial charge on any atom is -0.356 e. The summed E-state index contributed by atoms with van der Waals surface area (Å²) in [6.45, 7) is 4.63. The molecule has 0 saturated carbocycles. The number of piperidine rings is 1. The third-order valence-electron chi connectivity index (χ3n) is 9.78. The summed E-state index contributed by atoms with van der Waals surface area (Å²) >= 11 is 0. The molecule has 3 N–H and O–H groups in total. The third-order valence-corrected chi connectivity index (χ3v) is 9.78. The summed E-state index contributed by atoms with van der Waals surface area (Å²) in [5.74, 6) is -0.510. The minimum absolute atomic E-state index is 0.0169. The van der Waals surface area contributed by atoms with Crippen LogP contribution in [0, 0.1) is 17.2 Å². The lowest BCUT2D eigenvalue weighted by Gasteiger charge is -2.34. The Balaban J connectivity index is 1.06. The number of hydrogen-bond acceptors (Lipinski definition) is 11. The van der Waals surface area contributed by atoms with E-state index in [0.29, 0.717) is 107 Å². The van der Waals surface area contributed by atoms with Crippen molar-refractivity contribution in [2.45, 2.75) is 83.4 Å². The zero-order chi connectivity index (χ0) is 38.5. The highest BCUT2D eigenvalue weighted by Crippen LogP contribution is 2.35. The Labute approximate surface area is 313 Å². The molecule has 2 amide bonds. The van der Waals surface area contributed by atoms with E-state index in [-0.39, 0.29) is 29.2 Å². The fourth-order valence-electron chi connectivity index (χ4n) is 6.88. The molecule has 5 rings (SSSR count). The molecule has 2 aliphatic rings. The van der Waals surface area contributed by atoms with Crippen LogP contribution in [0.25, 0.3) is 0 Å². The van der Waals surface area contributed by atoms with Gasteiger partial charge in [-0.1, -0.05) is 12.1 Å². The molecule has 2 saturated heterocycles. The second-order valence-corrected chi connectivity index (χ2v) is 13.6. The van der Waals surface area contributed by atoms with Crippen LogP contribution in [-0.4, -0.2) is 82.8 Å². The number of aromatic nitrogens is 4. The van der Waals surface area contributed by atoms with Crippen LogP contribution in [0.1, 0.15) is 92.0 Å². The highest BCUT2D eigenvalue weighted by Gasteiger charge is 2.38. The molecule has 0 unspecified atom stereocenters. The molecule has 13 nitrogen and oxygen atoms in total. The van der Waals surface area contributed by atoms with Crippen LogP contribution in [0.5, 0.6) is 0 Å². The van der Waals surface area contributed by atoms with Crippen LogP contribution in [-0.2, 0) is 22.2 Å². The van der Waals surface area contributed by atoms with E-state index < -0.39 is 18.0 Å². The SMILES string of the molecule is CCNC(=O)c1cnc(NCCNC(=O)CCCC2CCN(c3cc(N4CCC[C@H]4C(=O)CCCc4ccc(C#N)cc4)nc(C(F)(F)F)n3)CC2)nc1. The van der Waals surface area contributed by atoms with Gasteiger partial charge < -0.3 is 25.8 Å². The smallest absolute Gasteiger partial charge is 0.356 e. The average molecular weight is 749 g/mol. The number of aryl methyl sites for hydroxylation is 1. The van der Waals surface area contributed by atoms with Gasteiger partial charge in [-0.05, 0) is 81.9 Å². The van der Waals surface area contributed by atoms with Gasteiger partial charge in [-0.15, -0.1) is 0 Å². The first-order valence-electron chi connectivity index (χ1n) is 18.6. The first kappa shape index (κ1) is 39.9. The topological polar surface area (TPSA) is 169 Å². The molecular weight excluding hydrogens is 701 g/mol. The number of halogens is 3. The number of anilines is 3. The molecule has 288 valence electrons. The van der Waals surface area contributed by atoms with E-state index in [2.05, 4.69) is 42.0 Å². The summed E-state index contributed by atoms with van der Waals surface area (Å²) in [7, 11) is 0. The summed E-state index contributed by atoms with van der Waals surface area (Å²) < 4.78 is 42.1. The van der Waals surface area contributed by atoms with Crippen LogP contribution < -0.4 is 25.8 Å². The van der Waals surface area contributed by atoms with E-state index >= 15 is 0 Å². The van der Waals surface area contributed by atoms with E-state index in [1.807, 2.05) is 24.0 Å². The van der Waals surface area contributed by atoms with Crippen LogP contribution in [0.3, 0.4) is 0 Å². The maximum absolute atomic E-state index is 14.0. The number of nitrogens with one attached hydrogen (secondary N) is 3. The van der Waals surface area contributed by atoms with Crippen molar-refractivity contribution in [3.8, 4) is 6.07 Å². The molecule has 2 fully saturated rings. The predicted octanol–water partition coefficient (Wildman–Crippen LogP) is 5.08. The Morgan fingerprint density at radius 3 is 2.33 bits per heavy atom. The quantitative estimate of drug-likeness (QED) is 0.157. The minimum atomic E-state index is -4.74. The van der Waals surface area contributed by atoms with Gasteiger partial charge >= 0.3 is 6.18 Å². The summed E-state index contributed by atoms with van der Waals surface area (Å²) in [6.07, 6.45) is 4.34. The molecule has 2 aromatic heterocycles. The average Bonchev–Trinajstić information content (AvgIpc) is 3.67. The number of carbonyl (C=O) groups is 3. The second-order valence-electron chi connectivity index (χ2n) is 13.6. The molecule has 3 aromatic rings. The van der Waals surface area contributed by atoms with Crippen molar-refractivity contribution >= 4 is 35.2 Å². The van der Waals surface area contributed by atoms with Crippen molar-refractivity contribution in [3.63, 3.8) is 0 Å². The molecule has 0 spiro atoms. The highest BCUT2D eigenvalue weighted by molar-refractivity contribution is 5.93. The number of ketones is 1. The lowest BCUT2D eigenvalue weighted by molar-refractivity contribution is -0.144. The number of carbonyl (C=O) groups excluding carboxylic acids is 3. The molecule has 4 heterocycles. The van der Waals surface area contributed by atoms with Gasteiger partial charge in [0.1, 0.15) is 11.6 Å². The fraction of sp³-hybridized carbons (Fsp3) is 0.526. The number of nitriles is 1. The maximum Gasteiger partial charge on any atom is 0.451 e. The van der Waals surface area contributed by atoms with E-state index in [9.17, 15) is 27.6 Å². The molecule has 16 heteroatoms. The number of nitrogens with zero attached hydrogens (tertiary/aromatic N) is 7. The molecule has 0 aliphatic carbocycles. The molecular formula is C38H47F3N10O3. The van der Waals surface area contributed by atoms with Gasteiger partial charge in [-0.25, -0.2) is 19.9 Å². The van der Waals surface area contributed by atoms with Gasteiger partial charge in [0.2, 0.25) is 17.7 Å². The van der Waals surface area contributed by atoms with Crippen molar-refractivity contribution in [2.75, 3.05) is 54.4 Å². The Hall–Kier alpha value is -5.33. The summed E-state index contributed by atoms with van der Waals surface area (Å²) in [5.41, 5.74) is 1.95. The van der Waals surface area contributed by atoms with Gasteiger partial charge in [0, 0.05) is 70.6 Å². The van der Waals surface area contributed by atoms with E-state index in [1.165, 1.54) is 12.4 Å². The number of rotatable bonds is 17. The van der Waals surface area contributed by atoms with Crippen molar-refractivity contribution in [2.24, 2.45) is 5.92 Å². The van der Waals surface area contributed by atoms with E-state index in [4.69, 9.17) is 5.26 Å². The van der Waals surface area contributed by atoms with Crippen LogP contribution in [0.15, 0.2) is 42.7 Å². The first-order chi connectivity index (χ1) is 26.0. The van der Waals surface area contributed by atoms with Crippen LogP contribution >= 0.6 is 0 Å². The predicted molar refractivity (Wildman–Crippen MR) is 197 cm³/mol. The van der Waals surface area contributed by atoms with Gasteiger partial charge in [-0.3, -0.25) is 14.4 Å². The molecule has 2 aliphatic heterocycles. The molecule has 1 aromatic carbocycles. The van der Waals surface area contributed by atoms with Gasteiger partial charge in [0.05, 0.1) is 23.2 Å². The standard InChI is InChI=1S/C38H47F3N10O3/c1-2-43-35(54)29-24-46-37(47-25-29)45-18-17-44-34(53)10-4-7-27-15-20-50(21-16-27)32-22-33(49-36(48-32)38(39,40)41)51-19-5-8-30(51)31(52)9-3-6-26-11-13-28(23-42)14-12-26/h11-14,22,24-25,27,30H,2-10,15-21H2,1H3,(H,43,54)(H,44,53)(H,45,46,47)/t30-/m0/s1. The van der Waals surface area contributed by atoms with Crippen LogP contribution in [0.4, 0.5) is 30.8 Å². The number of amides is 2. The van der Waals surface area contributed by atoms with Crippen molar-refractivity contribution < 1.29 is 27.6 Å². The molecule has 54 heavy (non-hydrogen) atoms. The lowest BCUT2D eigenvalue weighted by atomic mass is 9.91. The lowest BCUT2D eigenvalue weighted by Crippen LogP contribution is -2.38. The zero-order valence-corrected chi connectivity index (χ0v) is 30.5. The summed E-state index contributed by atoms with van der Waals surface area (Å²) in [6, 6.07) is 10.3. The van der Waals surface area contributed by atoms with E-state index in [0.717, 1.165) is 24.8 Å². The van der Waals surface area contributed by atoms with Crippen LogP contribution in [0.2, 0.25) is 0 Å². The number of benzene rings is 1. The number of alkyl halides is 3. The van der Waals surface area contributed by atoms with Gasteiger partial charge in [0.15, 0.2) is 5.78 Å². The fourth-order valence-corrected chi connectivity index (χ4v) is 6.88. The van der Waals surface area contributed by atoms with Crippen molar-refractivity contribution in [3.05, 3.63) is 65.2 Å². The van der Waals surface area contributed by atoms with Gasteiger partial charge in [-0.2, -0.15) is 18.4 Å². The number of hydrogen-bond donors (Lipinski definition) is 3. The Morgan fingerprint density at radius 2 is 1.65 bits per heavy atom. The largest absolute Gasteiger partial charge is 0.451 e. The third kappa shape index (κ3) is 11.3. The Bertz CT molecular complexity index is 1760. The Morgan fingerprint density at radius 1 is 0.926 bits per heavy atom. The highest BCUT2D eigenvalue weighted by atomic mass is 19.4. The van der Waals surface area contributed by atoms with E-state index in [1.54, 1.807) is 23.1 Å². The van der Waals surface area contributed by atoms with Crippen molar-refractivity contribution in [1.29, 1.82) is 5.26 Å². The maximum atomic E-state index is 14.0. The summed E-state index contributed by atoms with van der Waals surface area (Å²) in [5, 5.41) is 17.6. The van der Waals surface area contributed by atoms with Gasteiger partial charge in [0.25, 0.3) is 5.91 Å². The second kappa shape index (κ2) is 19.1.